The summed E-state index contributed by atoms with van der Waals surface area (Å²) in [5, 5.41) is 46.5. The minimum absolute atomic E-state index is 0.0288. The van der Waals surface area contributed by atoms with Gasteiger partial charge in [-0.15, -0.1) is 0 Å². The van der Waals surface area contributed by atoms with Gasteiger partial charge in [0.2, 0.25) is 24.6 Å². The Balaban J connectivity index is 0.989. The third-order valence-electron chi connectivity index (χ3n) is 11.5. The molecular formula is C41H40N4O16. The number of likely N-dealkylation sites (N-methyl/N-ethyl adjacent to an activating group) is 1. The number of pyridine rings is 2. The number of cyclic esters (lactones) is 1. The van der Waals surface area contributed by atoms with Crippen LogP contribution in [0, 0.1) is 0 Å². The molecule has 6 atom stereocenters. The number of carbonyl (C=O) groups is 4. The largest absolute Gasteiger partial charge is 0.510 e. The van der Waals surface area contributed by atoms with Crippen molar-refractivity contribution in [1.82, 2.24) is 14.9 Å². The van der Waals surface area contributed by atoms with Crippen LogP contribution in [0.5, 0.6) is 17.2 Å². The molecule has 2 aromatic heterocycles. The normalized spacial score (nSPS) is 24.6. The van der Waals surface area contributed by atoms with Crippen molar-refractivity contribution < 1.29 is 72.8 Å². The number of nitrogens with zero attached hydrogens (tertiary/aromatic N) is 2. The Morgan fingerprint density at radius 2 is 1.75 bits per heavy atom. The van der Waals surface area contributed by atoms with E-state index >= 15 is 0 Å². The molecule has 0 spiro atoms. The smallest absolute Gasteiger partial charge is 0.479 e. The molecule has 4 aromatic rings. The van der Waals surface area contributed by atoms with Crippen molar-refractivity contribution in [2.45, 2.75) is 88.2 Å². The number of aromatic nitrogens is 2. The van der Waals surface area contributed by atoms with Crippen molar-refractivity contribution in [2.75, 3.05) is 25.7 Å². The fraction of sp³-hybridized carbons (Fsp3) is 0.415. The summed E-state index contributed by atoms with van der Waals surface area (Å²) in [5.41, 5.74) is 1.72. The number of carboxylic acids is 1. The maximum Gasteiger partial charge on any atom is 0.510 e. The average Bonchev–Trinajstić information content (AvgIpc) is 3.86. The first-order valence-corrected chi connectivity index (χ1v) is 19.5. The van der Waals surface area contributed by atoms with Crippen LogP contribution in [0.4, 0.5) is 10.5 Å². The van der Waals surface area contributed by atoms with E-state index in [9.17, 15) is 44.4 Å². The number of anilines is 1. The maximum absolute atomic E-state index is 14.2. The van der Waals surface area contributed by atoms with E-state index in [2.05, 4.69) is 10.6 Å². The molecule has 20 heteroatoms. The van der Waals surface area contributed by atoms with Crippen molar-refractivity contribution in [2.24, 2.45) is 0 Å². The third kappa shape index (κ3) is 6.85. The predicted molar refractivity (Wildman–Crippen MR) is 206 cm³/mol. The highest BCUT2D eigenvalue weighted by atomic mass is 16.7. The molecule has 6 heterocycles. The molecule has 9 rings (SSSR count). The van der Waals surface area contributed by atoms with Crippen molar-refractivity contribution in [3.8, 4) is 28.6 Å². The summed E-state index contributed by atoms with van der Waals surface area (Å²) in [6.07, 6.45) is -8.96. The summed E-state index contributed by atoms with van der Waals surface area (Å²) in [6.45, 7) is 1.00. The van der Waals surface area contributed by atoms with Gasteiger partial charge in [-0.25, -0.2) is 19.4 Å². The van der Waals surface area contributed by atoms with Crippen LogP contribution in [0.25, 0.3) is 22.3 Å². The number of esters is 1. The second-order valence-electron chi connectivity index (χ2n) is 15.3. The molecule has 0 bridgehead atoms. The van der Waals surface area contributed by atoms with Gasteiger partial charge in [0.25, 0.3) is 5.56 Å². The summed E-state index contributed by atoms with van der Waals surface area (Å²) < 4.78 is 40.6. The number of hydrogen-bond acceptors (Lipinski definition) is 17. The lowest BCUT2D eigenvalue weighted by atomic mass is 9.85. The van der Waals surface area contributed by atoms with Gasteiger partial charge in [0.15, 0.2) is 17.6 Å². The number of benzene rings is 2. The lowest BCUT2D eigenvalue weighted by Crippen LogP contribution is -2.61. The molecule has 320 valence electrons. The molecule has 61 heavy (non-hydrogen) atoms. The quantitative estimate of drug-likeness (QED) is 0.103. The molecule has 1 aliphatic carbocycles. The molecule has 20 nitrogen and oxygen atoms in total. The minimum atomic E-state index is -2.07. The Kier molecular flexibility index (Phi) is 10.1. The highest BCUT2D eigenvalue weighted by Crippen LogP contribution is 2.51. The molecule has 1 amide bonds. The fourth-order valence-electron chi connectivity index (χ4n) is 8.31. The van der Waals surface area contributed by atoms with Gasteiger partial charge in [-0.3, -0.25) is 9.59 Å². The van der Waals surface area contributed by atoms with Crippen LogP contribution in [0.3, 0.4) is 0 Å². The lowest BCUT2D eigenvalue weighted by molar-refractivity contribution is -0.271. The Hall–Kier alpha value is -6.32. The van der Waals surface area contributed by atoms with Gasteiger partial charge in [0, 0.05) is 22.6 Å². The third-order valence-corrected chi connectivity index (χ3v) is 11.5. The molecule has 6 N–H and O–H groups in total. The van der Waals surface area contributed by atoms with E-state index in [-0.39, 0.29) is 67.0 Å². The number of amides is 1. The number of aliphatic hydroxyl groups is 3. The Morgan fingerprint density at radius 3 is 2.48 bits per heavy atom. The van der Waals surface area contributed by atoms with Crippen LogP contribution in [-0.2, 0) is 58.7 Å². The number of rotatable bonds is 11. The van der Waals surface area contributed by atoms with E-state index < -0.39 is 72.5 Å². The summed E-state index contributed by atoms with van der Waals surface area (Å²) in [7, 11) is 1.53. The zero-order valence-corrected chi connectivity index (χ0v) is 32.7. The van der Waals surface area contributed by atoms with E-state index in [1.807, 2.05) is 12.1 Å². The first kappa shape index (κ1) is 40.1. The van der Waals surface area contributed by atoms with Crippen LogP contribution >= 0.6 is 0 Å². The van der Waals surface area contributed by atoms with E-state index in [0.717, 1.165) is 29.4 Å². The van der Waals surface area contributed by atoms with E-state index in [4.69, 9.17) is 38.1 Å². The van der Waals surface area contributed by atoms with E-state index in [0.29, 0.717) is 28.4 Å². The van der Waals surface area contributed by atoms with Gasteiger partial charge in [-0.1, -0.05) is 13.0 Å². The second kappa shape index (κ2) is 15.3. The molecule has 4 aliphatic heterocycles. The number of nitrogens with one attached hydrogen (secondary N) is 2. The first-order chi connectivity index (χ1) is 29.3. The first-order valence-electron chi connectivity index (χ1n) is 19.5. The highest BCUT2D eigenvalue weighted by molar-refractivity contribution is 5.94. The molecule has 5 aliphatic rings. The number of aliphatic hydroxyl groups excluding tert-OH is 3. The SMILES string of the molecule is CC[C@@]1(OC(=O)OCc2ccc(O[C@@H]3OC(C(=O)O)[C@@H](O)C(O)C3O)c(NC(=O)CNC)c2)C(=O)OCc2c1cc1n(c2=O)Cc2c-1nc1cc3c(cc1c2C1CC1)OCO3. The van der Waals surface area contributed by atoms with Crippen LogP contribution < -0.4 is 30.4 Å². The van der Waals surface area contributed by atoms with Crippen molar-refractivity contribution in [3.63, 3.8) is 0 Å². The van der Waals surface area contributed by atoms with Crippen LogP contribution in [0.2, 0.25) is 0 Å². The fourth-order valence-corrected chi connectivity index (χ4v) is 8.31. The van der Waals surface area contributed by atoms with Crippen molar-refractivity contribution in [3.05, 3.63) is 74.6 Å². The van der Waals surface area contributed by atoms with Crippen molar-refractivity contribution in [1.29, 1.82) is 0 Å². The number of hydrogen-bond donors (Lipinski definition) is 6. The van der Waals surface area contributed by atoms with E-state index in [1.165, 1.54) is 25.2 Å². The zero-order valence-electron chi connectivity index (χ0n) is 32.7. The van der Waals surface area contributed by atoms with Gasteiger partial charge in [-0.2, -0.15) is 0 Å². The second-order valence-corrected chi connectivity index (χ2v) is 15.3. The lowest BCUT2D eigenvalue weighted by Gasteiger charge is -2.38. The zero-order chi connectivity index (χ0) is 42.9. The monoisotopic (exact) mass is 844 g/mol. The predicted octanol–water partition coefficient (Wildman–Crippen LogP) is 1.48. The molecule has 2 aromatic carbocycles. The van der Waals surface area contributed by atoms with Gasteiger partial charge < -0.3 is 68.8 Å². The highest BCUT2D eigenvalue weighted by Gasteiger charge is 2.52. The summed E-state index contributed by atoms with van der Waals surface area (Å²) >= 11 is 0. The van der Waals surface area contributed by atoms with Gasteiger partial charge in [0.1, 0.15) is 37.3 Å². The van der Waals surface area contributed by atoms with E-state index in [1.54, 1.807) is 17.6 Å². The Labute approximate surface area is 344 Å². The number of carboxylic acid groups (broad SMARTS) is 1. The van der Waals surface area contributed by atoms with Gasteiger partial charge in [-0.05, 0) is 67.6 Å². The maximum atomic E-state index is 14.2. The number of fused-ring (bicyclic) bond motifs is 6. The van der Waals surface area contributed by atoms with Gasteiger partial charge in [0.05, 0.1) is 41.2 Å². The Morgan fingerprint density at radius 1 is 0.984 bits per heavy atom. The summed E-state index contributed by atoms with van der Waals surface area (Å²) in [6, 6.07) is 9.47. The minimum Gasteiger partial charge on any atom is -0.479 e. The van der Waals surface area contributed by atoms with Crippen molar-refractivity contribution >= 4 is 40.6 Å². The number of ether oxygens (including phenoxy) is 7. The molecule has 1 saturated heterocycles. The Bertz CT molecular complexity index is 2570. The summed E-state index contributed by atoms with van der Waals surface area (Å²) in [4.78, 5) is 70.7. The molecule has 1 saturated carbocycles. The van der Waals surface area contributed by atoms with Gasteiger partial charge >= 0.3 is 18.1 Å². The van der Waals surface area contributed by atoms with Crippen LogP contribution in [-0.4, -0.2) is 105 Å². The standard InChI is InChI=1S/C41H40N4O16/c1-3-41(61-40(54)56-14-17-4-7-26(24(8-17)43-29(46)12-42-2)59-38-34(49)32(47)33(48)35(60-38)37(51)52)22-10-25-31-20(13-45(25)36(50)21(22)15-55-39(41)53)30(18-5-6-18)19-9-27-28(58-16-57-27)11-23(19)44-31/h4,7-11,18,32-35,38,42,47-49H,3,5-6,12-16H2,1-2H3,(H,43,46)(H,51,52)/t32?,33-,34?,35?,38+,41-/m0/s1. The summed E-state index contributed by atoms with van der Waals surface area (Å²) in [5.74, 6) is -1.74. The number of aliphatic carboxylic acids is 1. The average molecular weight is 845 g/mol. The van der Waals surface area contributed by atoms with Crippen LogP contribution in [0.15, 0.2) is 41.2 Å². The molecular weight excluding hydrogens is 804 g/mol. The van der Waals surface area contributed by atoms with Crippen LogP contribution in [0.1, 0.15) is 59.9 Å². The molecule has 2 fully saturated rings. The topological polar surface area (TPSA) is 273 Å². The molecule has 3 unspecified atom stereocenters. The molecule has 0 radical (unpaired) electrons. The number of carbonyl (C=O) groups excluding carboxylic acids is 3.